The maximum absolute atomic E-state index is 12.6. The monoisotopic (exact) mass is 365 g/mol. The van der Waals surface area contributed by atoms with Crippen molar-refractivity contribution in [2.24, 2.45) is 0 Å². The summed E-state index contributed by atoms with van der Waals surface area (Å²) >= 11 is 0.327. The highest BCUT2D eigenvalue weighted by Gasteiger charge is 2.18. The van der Waals surface area contributed by atoms with E-state index in [-0.39, 0.29) is 17.0 Å². The van der Waals surface area contributed by atoms with Gasteiger partial charge in [0.05, 0.1) is 18.3 Å². The van der Waals surface area contributed by atoms with Crippen molar-refractivity contribution in [2.45, 2.75) is 23.2 Å². The van der Waals surface area contributed by atoms with Crippen molar-refractivity contribution >= 4 is 17.7 Å². The van der Waals surface area contributed by atoms with Crippen molar-refractivity contribution in [3.8, 4) is 5.75 Å². The molecule has 132 valence electrons. The van der Waals surface area contributed by atoms with Crippen molar-refractivity contribution < 1.29 is 23.4 Å². The Morgan fingerprint density at radius 1 is 1.28 bits per heavy atom. The van der Waals surface area contributed by atoms with E-state index in [0.29, 0.717) is 23.9 Å². The molecule has 1 amide bonds. The molecule has 25 heavy (non-hydrogen) atoms. The molecule has 3 rings (SSSR count). The Morgan fingerprint density at radius 3 is 2.88 bits per heavy atom. The molecule has 0 fully saturated rings. The molecule has 0 saturated carbocycles. The summed E-state index contributed by atoms with van der Waals surface area (Å²) in [6.45, 7) is 0.621. The lowest BCUT2D eigenvalue weighted by atomic mass is 10.0. The molecular formula is C18H17F2NO3S. The number of amides is 1. The first-order valence-electron chi connectivity index (χ1n) is 7.80. The van der Waals surface area contributed by atoms with Crippen molar-refractivity contribution in [3.05, 3.63) is 59.2 Å². The molecule has 2 aromatic carbocycles. The molecular weight excluding hydrogens is 348 g/mol. The average Bonchev–Trinajstić information content (AvgIpc) is 3.07. The summed E-state index contributed by atoms with van der Waals surface area (Å²) in [6.07, 6.45) is -0.0923. The molecule has 0 radical (unpaired) electrons. The van der Waals surface area contributed by atoms with E-state index in [1.54, 1.807) is 24.3 Å². The summed E-state index contributed by atoms with van der Waals surface area (Å²) in [4.78, 5) is 12.5. The minimum atomic E-state index is -2.60. The van der Waals surface area contributed by atoms with Crippen molar-refractivity contribution in [1.29, 1.82) is 0 Å². The molecule has 0 aliphatic carbocycles. The number of nitrogens with one attached hydrogen (secondary N) is 1. The lowest BCUT2D eigenvalue weighted by molar-refractivity contribution is 0.0913. The predicted molar refractivity (Wildman–Crippen MR) is 91.2 cm³/mol. The zero-order chi connectivity index (χ0) is 17.8. The summed E-state index contributed by atoms with van der Waals surface area (Å²) in [6, 6.07) is 11.6. The second-order valence-corrected chi connectivity index (χ2v) is 6.60. The molecule has 0 saturated heterocycles. The molecule has 1 aliphatic heterocycles. The normalized spacial score (nSPS) is 14.1. The summed E-state index contributed by atoms with van der Waals surface area (Å²) in [5, 5.41) is 12.9. The van der Waals surface area contributed by atoms with Crippen LogP contribution in [0.3, 0.4) is 0 Å². The number of ether oxygens (including phenoxy) is 1. The van der Waals surface area contributed by atoms with Crippen LogP contribution >= 0.6 is 11.8 Å². The van der Waals surface area contributed by atoms with Crippen LogP contribution in [0.4, 0.5) is 8.78 Å². The van der Waals surface area contributed by atoms with E-state index in [1.807, 2.05) is 6.07 Å². The van der Waals surface area contributed by atoms with Crippen LogP contribution in [0.15, 0.2) is 47.4 Å². The van der Waals surface area contributed by atoms with Crippen LogP contribution in [-0.2, 0) is 6.42 Å². The lowest BCUT2D eigenvalue weighted by Crippen LogP contribution is -2.28. The Hall–Kier alpha value is -2.12. The number of carbonyl (C=O) groups is 1. The molecule has 1 atom stereocenters. The standard InChI is InChI=1S/C18H17F2NO3S/c19-18(20)25-16-4-2-1-3-13(16)17(23)21-10-14(22)11-5-6-15-12(9-11)7-8-24-15/h1-6,9,14,18,22H,7-8,10H2,(H,21,23)/t14-/m1/s1. The van der Waals surface area contributed by atoms with Gasteiger partial charge in [-0.05, 0) is 35.4 Å². The highest BCUT2D eigenvalue weighted by molar-refractivity contribution is 7.99. The van der Waals surface area contributed by atoms with Crippen LogP contribution in [0.1, 0.15) is 27.6 Å². The molecule has 7 heteroatoms. The predicted octanol–water partition coefficient (Wildman–Crippen LogP) is 3.40. The lowest BCUT2D eigenvalue weighted by Gasteiger charge is -2.14. The minimum absolute atomic E-state index is 0.00778. The van der Waals surface area contributed by atoms with Gasteiger partial charge in [0.1, 0.15) is 5.75 Å². The maximum Gasteiger partial charge on any atom is 0.288 e. The number of alkyl halides is 2. The van der Waals surface area contributed by atoms with Crippen molar-refractivity contribution in [2.75, 3.05) is 13.2 Å². The van der Waals surface area contributed by atoms with Crippen molar-refractivity contribution in [1.82, 2.24) is 5.32 Å². The Bertz CT molecular complexity index is 770. The molecule has 1 aliphatic rings. The van der Waals surface area contributed by atoms with E-state index >= 15 is 0 Å². The fourth-order valence-electron chi connectivity index (χ4n) is 2.67. The number of rotatable bonds is 6. The third-order valence-corrected chi connectivity index (χ3v) is 4.69. The van der Waals surface area contributed by atoms with E-state index < -0.39 is 17.8 Å². The summed E-state index contributed by atoms with van der Waals surface area (Å²) in [5.41, 5.74) is 1.88. The van der Waals surface area contributed by atoms with Gasteiger partial charge in [-0.15, -0.1) is 0 Å². The molecule has 0 spiro atoms. The molecule has 0 unspecified atom stereocenters. The van der Waals surface area contributed by atoms with Gasteiger partial charge >= 0.3 is 0 Å². The van der Waals surface area contributed by atoms with E-state index in [1.165, 1.54) is 12.1 Å². The van der Waals surface area contributed by atoms with Gasteiger partial charge < -0.3 is 15.2 Å². The van der Waals surface area contributed by atoms with Gasteiger partial charge in [-0.3, -0.25) is 4.79 Å². The number of halogens is 2. The first-order valence-corrected chi connectivity index (χ1v) is 8.68. The first-order chi connectivity index (χ1) is 12.0. The number of fused-ring (bicyclic) bond motifs is 1. The van der Waals surface area contributed by atoms with Crippen LogP contribution in [0, 0.1) is 0 Å². The largest absolute Gasteiger partial charge is 0.493 e. The summed E-state index contributed by atoms with van der Waals surface area (Å²) < 4.78 is 30.6. The molecule has 2 aromatic rings. The van der Waals surface area contributed by atoms with E-state index in [2.05, 4.69) is 5.32 Å². The Morgan fingerprint density at radius 2 is 2.08 bits per heavy atom. The molecule has 0 bridgehead atoms. The van der Waals surface area contributed by atoms with E-state index in [9.17, 15) is 18.7 Å². The van der Waals surface area contributed by atoms with Crippen LogP contribution in [0.25, 0.3) is 0 Å². The van der Waals surface area contributed by atoms with Crippen molar-refractivity contribution in [3.63, 3.8) is 0 Å². The maximum atomic E-state index is 12.6. The number of carbonyl (C=O) groups excluding carboxylic acids is 1. The van der Waals surface area contributed by atoms with Crippen LogP contribution in [0.5, 0.6) is 5.75 Å². The topological polar surface area (TPSA) is 58.6 Å². The molecule has 2 N–H and O–H groups in total. The first kappa shape index (κ1) is 17.7. The van der Waals surface area contributed by atoms with Gasteiger partial charge in [-0.25, -0.2) is 0 Å². The van der Waals surface area contributed by atoms with E-state index in [4.69, 9.17) is 4.74 Å². The van der Waals surface area contributed by atoms with Gasteiger partial charge in [-0.1, -0.05) is 30.0 Å². The fraction of sp³-hybridized carbons (Fsp3) is 0.278. The quantitative estimate of drug-likeness (QED) is 0.771. The van der Waals surface area contributed by atoms with Crippen LogP contribution in [-0.4, -0.2) is 29.9 Å². The zero-order valence-electron chi connectivity index (χ0n) is 13.2. The van der Waals surface area contributed by atoms with Gasteiger partial charge in [0.15, 0.2) is 0 Å². The Labute approximate surface area is 148 Å². The Balaban J connectivity index is 1.64. The number of aliphatic hydroxyl groups is 1. The second-order valence-electron chi connectivity index (χ2n) is 5.57. The number of thioether (sulfide) groups is 1. The number of hydrogen-bond donors (Lipinski definition) is 2. The highest BCUT2D eigenvalue weighted by atomic mass is 32.2. The molecule has 4 nitrogen and oxygen atoms in total. The minimum Gasteiger partial charge on any atom is -0.493 e. The van der Waals surface area contributed by atoms with Gasteiger partial charge in [-0.2, -0.15) is 8.78 Å². The van der Waals surface area contributed by atoms with Gasteiger partial charge in [0, 0.05) is 17.9 Å². The van der Waals surface area contributed by atoms with Crippen LogP contribution < -0.4 is 10.1 Å². The Kier molecular flexibility index (Phi) is 5.55. The number of hydrogen-bond acceptors (Lipinski definition) is 4. The molecule has 1 heterocycles. The SMILES string of the molecule is O=C(NC[C@@H](O)c1ccc2c(c1)CCO2)c1ccccc1SC(F)F. The zero-order valence-corrected chi connectivity index (χ0v) is 14.1. The second kappa shape index (κ2) is 7.84. The highest BCUT2D eigenvalue weighted by Crippen LogP contribution is 2.29. The van der Waals surface area contributed by atoms with Gasteiger partial charge in [0.2, 0.25) is 0 Å². The van der Waals surface area contributed by atoms with Gasteiger partial charge in [0.25, 0.3) is 11.7 Å². The summed E-state index contributed by atoms with van der Waals surface area (Å²) in [7, 11) is 0. The molecule has 0 aromatic heterocycles. The third-order valence-electron chi connectivity index (χ3n) is 3.90. The third kappa shape index (κ3) is 4.29. The fourth-order valence-corrected chi connectivity index (χ4v) is 3.31. The van der Waals surface area contributed by atoms with E-state index in [0.717, 1.165) is 17.7 Å². The number of aliphatic hydroxyl groups excluding tert-OH is 1. The summed E-state index contributed by atoms with van der Waals surface area (Å²) in [5.74, 6) is -2.28. The smallest absolute Gasteiger partial charge is 0.288 e. The number of benzene rings is 2. The van der Waals surface area contributed by atoms with Crippen LogP contribution in [0.2, 0.25) is 0 Å². The average molecular weight is 365 g/mol.